The molecular weight excluding hydrogens is 336 g/mol. The lowest BCUT2D eigenvalue weighted by molar-refractivity contribution is 0.00405. The first kappa shape index (κ1) is 20.7. The first-order valence-electron chi connectivity index (χ1n) is 12.6. The van der Waals surface area contributed by atoms with Crippen LogP contribution in [0.1, 0.15) is 112 Å². The van der Waals surface area contributed by atoms with Gasteiger partial charge >= 0.3 is 0 Å². The number of allylic oxidation sites excluding steroid dienone is 3. The molecule has 0 aromatic heterocycles. The lowest BCUT2D eigenvalue weighted by atomic mass is 9.48. The highest BCUT2D eigenvalue weighted by Gasteiger charge is 2.53. The summed E-state index contributed by atoms with van der Waals surface area (Å²) in [5, 5.41) is 0. The molecule has 0 heterocycles. The van der Waals surface area contributed by atoms with Crippen molar-refractivity contribution in [2.45, 2.75) is 112 Å². The van der Waals surface area contributed by atoms with Gasteiger partial charge in [-0.15, -0.1) is 0 Å². The van der Waals surface area contributed by atoms with Gasteiger partial charge < -0.3 is 0 Å². The van der Waals surface area contributed by atoms with E-state index in [1.165, 1.54) is 82.6 Å². The molecule has 0 heteroatoms. The maximum absolute atomic E-state index is 4.30. The molecule has 5 atom stereocenters. The van der Waals surface area contributed by atoms with Crippen molar-refractivity contribution in [1.82, 2.24) is 0 Å². The van der Waals surface area contributed by atoms with Gasteiger partial charge in [0.25, 0.3) is 0 Å². The van der Waals surface area contributed by atoms with Crippen molar-refractivity contribution in [1.29, 1.82) is 0 Å². The topological polar surface area (TPSA) is 0 Å². The summed E-state index contributed by atoms with van der Waals surface area (Å²) in [6, 6.07) is 0. The third-order valence-electron chi connectivity index (χ3n) is 10.0. The van der Waals surface area contributed by atoms with Crippen molar-refractivity contribution in [2.24, 2.45) is 40.4 Å². The van der Waals surface area contributed by atoms with Gasteiger partial charge in [0.05, 0.1) is 0 Å². The Morgan fingerprint density at radius 2 is 1.82 bits per heavy atom. The summed E-state index contributed by atoms with van der Waals surface area (Å²) < 4.78 is 0. The average molecular weight is 383 g/mol. The number of rotatable bonds is 5. The Balaban J connectivity index is 1.47. The zero-order valence-corrected chi connectivity index (χ0v) is 19.6. The van der Waals surface area contributed by atoms with Gasteiger partial charge in [-0.25, -0.2) is 0 Å². The van der Waals surface area contributed by atoms with E-state index in [2.05, 4.69) is 41.2 Å². The Kier molecular flexibility index (Phi) is 5.65. The van der Waals surface area contributed by atoms with Crippen LogP contribution in [0.5, 0.6) is 0 Å². The second kappa shape index (κ2) is 7.63. The standard InChI is InChI=1S/C28H46/c1-19(2)20(3)9-7-10-21-11-12-23-22(21)13-15-25-24(23)14-16-26-27(4,5)17-8-18-28(25,26)6/h19,21-23,26H,3,7-18H2,1-2,4-6H3. The largest absolute Gasteiger partial charge is 0.0996 e. The van der Waals surface area contributed by atoms with E-state index >= 15 is 0 Å². The molecule has 0 radical (unpaired) electrons. The van der Waals surface area contributed by atoms with Crippen LogP contribution in [0.3, 0.4) is 0 Å². The van der Waals surface area contributed by atoms with E-state index in [9.17, 15) is 0 Å². The molecule has 5 unspecified atom stereocenters. The van der Waals surface area contributed by atoms with Gasteiger partial charge in [0.1, 0.15) is 0 Å². The van der Waals surface area contributed by atoms with Crippen LogP contribution in [0.2, 0.25) is 0 Å². The van der Waals surface area contributed by atoms with Crippen LogP contribution in [-0.2, 0) is 0 Å². The molecule has 0 amide bonds. The monoisotopic (exact) mass is 382 g/mol. The quantitative estimate of drug-likeness (QED) is 0.417. The van der Waals surface area contributed by atoms with Crippen LogP contribution in [0.4, 0.5) is 0 Å². The molecule has 0 aliphatic heterocycles. The molecular formula is C28H46. The summed E-state index contributed by atoms with van der Waals surface area (Å²) in [4.78, 5) is 0. The highest BCUT2D eigenvalue weighted by atomic mass is 14.6. The van der Waals surface area contributed by atoms with E-state index in [1.54, 1.807) is 0 Å². The first-order valence-corrected chi connectivity index (χ1v) is 12.6. The third-order valence-corrected chi connectivity index (χ3v) is 10.0. The maximum atomic E-state index is 4.30. The van der Waals surface area contributed by atoms with Crippen molar-refractivity contribution in [2.75, 3.05) is 0 Å². The van der Waals surface area contributed by atoms with Crippen molar-refractivity contribution >= 4 is 0 Å². The molecule has 28 heavy (non-hydrogen) atoms. The Morgan fingerprint density at radius 1 is 1.04 bits per heavy atom. The van der Waals surface area contributed by atoms with Gasteiger partial charge in [0, 0.05) is 0 Å². The third kappa shape index (κ3) is 3.45. The van der Waals surface area contributed by atoms with Gasteiger partial charge in [-0.05, 0) is 111 Å². The minimum atomic E-state index is 0.535. The summed E-state index contributed by atoms with van der Waals surface area (Å²) in [5.74, 6) is 4.58. The summed E-state index contributed by atoms with van der Waals surface area (Å²) in [7, 11) is 0. The SMILES string of the molecule is C=C(CCCC1CCC2C3=C(CCC12)C1(C)CCCC(C)(C)C1CC3)C(C)C. The van der Waals surface area contributed by atoms with Gasteiger partial charge in [0.2, 0.25) is 0 Å². The van der Waals surface area contributed by atoms with Crippen LogP contribution in [-0.4, -0.2) is 0 Å². The van der Waals surface area contributed by atoms with Crippen molar-refractivity contribution < 1.29 is 0 Å². The second-order valence-corrected chi connectivity index (χ2v) is 12.2. The molecule has 4 aliphatic rings. The summed E-state index contributed by atoms with van der Waals surface area (Å²) >= 11 is 0. The van der Waals surface area contributed by atoms with E-state index in [0.29, 0.717) is 16.7 Å². The van der Waals surface area contributed by atoms with Gasteiger partial charge in [-0.1, -0.05) is 64.3 Å². The Bertz CT molecular complexity index is 632. The molecule has 0 aromatic rings. The Labute approximate surface area is 175 Å². The number of fused-ring (bicyclic) bond motifs is 4. The minimum absolute atomic E-state index is 0.535. The van der Waals surface area contributed by atoms with Gasteiger partial charge in [0.15, 0.2) is 0 Å². The van der Waals surface area contributed by atoms with Crippen LogP contribution >= 0.6 is 0 Å². The molecule has 4 rings (SSSR count). The molecule has 2 fully saturated rings. The van der Waals surface area contributed by atoms with Crippen LogP contribution in [0.25, 0.3) is 0 Å². The zero-order chi connectivity index (χ0) is 20.1. The molecule has 4 aliphatic carbocycles. The molecule has 0 N–H and O–H groups in total. The van der Waals surface area contributed by atoms with Crippen molar-refractivity contribution in [3.8, 4) is 0 Å². The Morgan fingerprint density at radius 3 is 2.57 bits per heavy atom. The smallest absolute Gasteiger partial charge is 0.00802 e. The summed E-state index contributed by atoms with van der Waals surface area (Å²) in [5.41, 5.74) is 6.52. The fourth-order valence-electron chi connectivity index (χ4n) is 8.43. The molecule has 0 aromatic carbocycles. The molecule has 0 spiro atoms. The van der Waals surface area contributed by atoms with E-state index in [4.69, 9.17) is 0 Å². The molecule has 158 valence electrons. The minimum Gasteiger partial charge on any atom is -0.0996 e. The first-order chi connectivity index (χ1) is 13.2. The fourth-order valence-corrected chi connectivity index (χ4v) is 8.43. The molecule has 0 nitrogen and oxygen atoms in total. The van der Waals surface area contributed by atoms with Crippen LogP contribution in [0.15, 0.2) is 23.3 Å². The van der Waals surface area contributed by atoms with E-state index in [1.807, 2.05) is 11.1 Å². The molecule has 0 saturated heterocycles. The van der Waals surface area contributed by atoms with Crippen molar-refractivity contribution in [3.63, 3.8) is 0 Å². The van der Waals surface area contributed by atoms with Crippen molar-refractivity contribution in [3.05, 3.63) is 23.3 Å². The molecule has 0 bridgehead atoms. The van der Waals surface area contributed by atoms with Gasteiger partial charge in [-0.2, -0.15) is 0 Å². The lowest BCUT2D eigenvalue weighted by Gasteiger charge is -2.57. The summed E-state index contributed by atoms with van der Waals surface area (Å²) in [6.45, 7) is 16.7. The van der Waals surface area contributed by atoms with E-state index in [-0.39, 0.29) is 0 Å². The van der Waals surface area contributed by atoms with Gasteiger partial charge in [-0.3, -0.25) is 0 Å². The maximum Gasteiger partial charge on any atom is -0.00802 e. The summed E-state index contributed by atoms with van der Waals surface area (Å²) in [6.07, 6.45) is 17.3. The van der Waals surface area contributed by atoms with Crippen LogP contribution in [0, 0.1) is 40.4 Å². The average Bonchev–Trinajstić information content (AvgIpc) is 3.04. The normalized spacial score (nSPS) is 39.5. The highest BCUT2D eigenvalue weighted by Crippen LogP contribution is 2.64. The number of hydrogen-bond acceptors (Lipinski definition) is 0. The predicted molar refractivity (Wildman–Crippen MR) is 122 cm³/mol. The lowest BCUT2D eigenvalue weighted by Crippen LogP contribution is -2.47. The Hall–Kier alpha value is -0.520. The fraction of sp³-hybridized carbons (Fsp3) is 0.857. The molecule has 2 saturated carbocycles. The zero-order valence-electron chi connectivity index (χ0n) is 19.6. The van der Waals surface area contributed by atoms with Crippen LogP contribution < -0.4 is 0 Å². The highest BCUT2D eigenvalue weighted by molar-refractivity contribution is 5.33. The van der Waals surface area contributed by atoms with E-state index in [0.717, 1.165) is 23.7 Å². The van der Waals surface area contributed by atoms with E-state index < -0.39 is 0 Å². The predicted octanol–water partition coefficient (Wildman–Crippen LogP) is 8.73. The number of hydrogen-bond donors (Lipinski definition) is 0. The second-order valence-electron chi connectivity index (χ2n) is 12.2.